The van der Waals surface area contributed by atoms with Gasteiger partial charge in [-0.2, -0.15) is 0 Å². The molecule has 1 heterocycles. The van der Waals surface area contributed by atoms with E-state index in [4.69, 9.17) is 17.3 Å². The van der Waals surface area contributed by atoms with Crippen LogP contribution >= 0.6 is 19.6 Å². The molecule has 1 aliphatic heterocycles. The molecule has 0 saturated carbocycles. The van der Waals surface area contributed by atoms with Crippen molar-refractivity contribution in [2.75, 3.05) is 9.80 Å². The second kappa shape index (κ2) is 7.65. The molecule has 7 nitrogen and oxygen atoms in total. The minimum absolute atomic E-state index is 0.169. The van der Waals surface area contributed by atoms with E-state index in [1.54, 1.807) is 36.4 Å². The number of urea groups is 1. The first-order valence-electron chi connectivity index (χ1n) is 9.33. The second-order valence-electron chi connectivity index (χ2n) is 8.39. The molecular formula is C21H23ClN3O4P. The number of fused-ring (bicyclic) bond motifs is 1. The summed E-state index contributed by atoms with van der Waals surface area (Å²) in [5, 5.41) is -0.929. The van der Waals surface area contributed by atoms with Gasteiger partial charge in [0, 0.05) is 30.7 Å². The van der Waals surface area contributed by atoms with Crippen molar-refractivity contribution in [1.82, 2.24) is 0 Å². The maximum Gasteiger partial charge on any atom is 0.337 e. The molecule has 2 N–H and O–H groups in total. The van der Waals surface area contributed by atoms with Crippen LogP contribution in [0.2, 0.25) is 5.02 Å². The molecule has 0 aliphatic carbocycles. The van der Waals surface area contributed by atoms with Crippen molar-refractivity contribution in [2.24, 2.45) is 5.73 Å². The van der Waals surface area contributed by atoms with E-state index < -0.39 is 24.8 Å². The van der Waals surface area contributed by atoms with Crippen LogP contribution in [0.15, 0.2) is 42.5 Å². The Kier molecular flexibility index (Phi) is 5.67. The highest BCUT2D eigenvalue weighted by atomic mass is 35.5. The highest BCUT2D eigenvalue weighted by Gasteiger charge is 2.49. The third-order valence-corrected chi connectivity index (χ3v) is 6.70. The van der Waals surface area contributed by atoms with Gasteiger partial charge in [0.25, 0.3) is 0 Å². The van der Waals surface area contributed by atoms with Crippen LogP contribution in [0, 0.1) is 0 Å². The molecule has 0 saturated heterocycles. The maximum atomic E-state index is 13.0. The van der Waals surface area contributed by atoms with Crippen molar-refractivity contribution in [3.8, 4) is 0 Å². The Hall–Kier alpha value is -2.47. The summed E-state index contributed by atoms with van der Waals surface area (Å²) in [5.41, 5.74) is 7.31. The van der Waals surface area contributed by atoms with Gasteiger partial charge in [-0.15, -0.1) is 0 Å². The number of anilines is 3. The van der Waals surface area contributed by atoms with E-state index in [0.717, 1.165) is 5.56 Å². The Morgan fingerprint density at radius 3 is 2.30 bits per heavy atom. The Labute approximate surface area is 181 Å². The van der Waals surface area contributed by atoms with Crippen LogP contribution in [0.25, 0.3) is 0 Å². The number of nitrogens with zero attached hydrogens (tertiary/aromatic N) is 2. The van der Waals surface area contributed by atoms with Crippen LogP contribution in [-0.4, -0.2) is 17.2 Å². The van der Waals surface area contributed by atoms with E-state index in [9.17, 15) is 19.0 Å². The van der Waals surface area contributed by atoms with Gasteiger partial charge in [-0.05, 0) is 42.0 Å². The lowest BCUT2D eigenvalue weighted by atomic mass is 9.76. The van der Waals surface area contributed by atoms with E-state index in [1.807, 2.05) is 19.9 Å². The lowest BCUT2D eigenvalue weighted by Gasteiger charge is -2.42. The van der Waals surface area contributed by atoms with E-state index in [0.29, 0.717) is 22.1 Å². The van der Waals surface area contributed by atoms with E-state index in [-0.39, 0.29) is 12.3 Å². The molecule has 3 amide bonds. The van der Waals surface area contributed by atoms with Gasteiger partial charge < -0.3 is 10.6 Å². The molecule has 3 rings (SSSR count). The number of hydrogen-bond acceptors (Lipinski definition) is 4. The average Bonchev–Trinajstić information content (AvgIpc) is 2.62. The zero-order valence-electron chi connectivity index (χ0n) is 17.2. The molecule has 2 aromatic carbocycles. The predicted octanol–water partition coefficient (Wildman–Crippen LogP) is 4.41. The quantitative estimate of drug-likeness (QED) is 0.700. The molecule has 30 heavy (non-hydrogen) atoms. The van der Waals surface area contributed by atoms with Crippen LogP contribution in [0.3, 0.4) is 0 Å². The van der Waals surface area contributed by atoms with Gasteiger partial charge in [-0.25, -0.2) is 4.79 Å². The minimum atomic E-state index is -2.95. The summed E-state index contributed by atoms with van der Waals surface area (Å²) in [4.78, 5) is 39.8. The Morgan fingerprint density at radius 2 is 1.77 bits per heavy atom. The third-order valence-electron chi connectivity index (χ3n) is 5.35. The molecule has 0 radical (unpaired) electrons. The fraction of sp³-hybridized carbons (Fsp3) is 0.333. The number of rotatable bonds is 4. The summed E-state index contributed by atoms with van der Waals surface area (Å²) in [5.74, 6) is -0.300. The van der Waals surface area contributed by atoms with Gasteiger partial charge >= 0.3 is 14.1 Å². The van der Waals surface area contributed by atoms with Crippen molar-refractivity contribution in [3.63, 3.8) is 0 Å². The van der Waals surface area contributed by atoms with Gasteiger partial charge in [0.1, 0.15) is 0 Å². The first-order valence-corrected chi connectivity index (χ1v) is 10.9. The molecule has 1 unspecified atom stereocenters. The molecule has 1 atom stereocenters. The van der Waals surface area contributed by atoms with Gasteiger partial charge in [0.05, 0.1) is 17.1 Å². The summed E-state index contributed by atoms with van der Waals surface area (Å²) in [7, 11) is -2.95. The lowest BCUT2D eigenvalue weighted by molar-refractivity contribution is -0.169. The first kappa shape index (κ1) is 22.2. The number of hydrogen-bond donors (Lipinski definition) is 1. The third kappa shape index (κ3) is 3.81. The van der Waals surface area contributed by atoms with Gasteiger partial charge in [0.15, 0.2) is 0 Å². The summed E-state index contributed by atoms with van der Waals surface area (Å²) in [6.45, 7) is 6.82. The van der Waals surface area contributed by atoms with Gasteiger partial charge in [-0.3, -0.25) is 14.6 Å². The number of nitrogens with two attached hydrogens (primary N) is 1. The summed E-state index contributed by atoms with van der Waals surface area (Å²) < 4.78 is 12.0. The molecule has 158 valence electrons. The number of primary amides is 1. The largest absolute Gasteiger partial charge is 0.594 e. The zero-order valence-corrected chi connectivity index (χ0v) is 18.8. The van der Waals surface area contributed by atoms with Crippen LogP contribution < -0.4 is 20.4 Å². The monoisotopic (exact) mass is 447 g/mol. The molecule has 0 aromatic heterocycles. The zero-order chi connectivity index (χ0) is 22.4. The molecule has 0 bridgehead atoms. The fourth-order valence-electron chi connectivity index (χ4n) is 3.78. The summed E-state index contributed by atoms with van der Waals surface area (Å²) in [6, 6.07) is 11.0. The smallest absolute Gasteiger partial charge is 0.337 e. The molecular weight excluding hydrogens is 425 g/mol. The van der Waals surface area contributed by atoms with E-state index in [1.165, 1.54) is 23.6 Å². The summed E-state index contributed by atoms with van der Waals surface area (Å²) >= 11 is 5.95. The molecule has 1 aliphatic rings. The number of benzene rings is 2. The van der Waals surface area contributed by atoms with Crippen LogP contribution in [0.4, 0.5) is 21.9 Å². The van der Waals surface area contributed by atoms with Gasteiger partial charge in [-0.1, -0.05) is 36.1 Å². The van der Waals surface area contributed by atoms with Crippen molar-refractivity contribution < 1.29 is 19.0 Å². The van der Waals surface area contributed by atoms with Crippen molar-refractivity contribution in [2.45, 2.75) is 44.8 Å². The Morgan fingerprint density at radius 1 is 1.20 bits per heavy atom. The topological polar surface area (TPSA) is 107 Å². The predicted molar refractivity (Wildman–Crippen MR) is 116 cm³/mol. The molecule has 0 fully saturated rings. The van der Waals surface area contributed by atoms with E-state index in [2.05, 4.69) is 0 Å². The van der Waals surface area contributed by atoms with Crippen molar-refractivity contribution in [1.29, 1.82) is 0 Å². The Balaban J connectivity index is 2.22. The van der Waals surface area contributed by atoms with Crippen LogP contribution in [0.5, 0.6) is 0 Å². The highest BCUT2D eigenvalue weighted by Crippen LogP contribution is 2.48. The average molecular weight is 448 g/mol. The van der Waals surface area contributed by atoms with Gasteiger partial charge in [0.2, 0.25) is 11.2 Å². The first-order chi connectivity index (χ1) is 13.9. The van der Waals surface area contributed by atoms with Crippen molar-refractivity contribution >= 4 is 48.6 Å². The number of amides is 3. The lowest BCUT2D eigenvalue weighted by Crippen LogP contribution is -2.52. The number of carbonyl (C=O) groups is 2. The maximum absolute atomic E-state index is 13.0. The molecule has 9 heteroatoms. The minimum Gasteiger partial charge on any atom is -0.594 e. The van der Waals surface area contributed by atoms with Crippen LogP contribution in [-0.2, 0) is 14.8 Å². The normalized spacial score (nSPS) is 16.1. The highest BCUT2D eigenvalue weighted by molar-refractivity contribution is 7.38. The standard InChI is InChI=1S/C21H23ClN3O4P/c1-20(2)12-18(26)25(21(3,4)30(28)29)17-11-15(9-10-16(17)20)24(19(23)27)14-7-5-13(22)6-8-14/h5-11H,12H2,1-4H3,(H2,23,27). The molecule has 2 aromatic rings. The molecule has 0 spiro atoms. The fourth-order valence-corrected chi connectivity index (χ4v) is 4.29. The summed E-state index contributed by atoms with van der Waals surface area (Å²) in [6.07, 6.45) is 0.169. The SMILES string of the molecule is CC1(C)CC(=O)N(C(C)(C)[P+](=O)[O-])c2cc(N(C(N)=O)c3ccc(Cl)cc3)ccc21. The number of carbonyl (C=O) groups excluding carboxylic acids is 2. The second-order valence-corrected chi connectivity index (χ2v) is 10.4. The van der Waals surface area contributed by atoms with Crippen molar-refractivity contribution in [3.05, 3.63) is 53.1 Å². The van der Waals surface area contributed by atoms with Crippen LogP contribution in [0.1, 0.15) is 39.7 Å². The Bertz CT molecular complexity index is 1040. The number of halogens is 1. The van der Waals surface area contributed by atoms with E-state index >= 15 is 0 Å².